The van der Waals surface area contributed by atoms with Crippen LogP contribution in [-0.2, 0) is 0 Å². The van der Waals surface area contributed by atoms with Crippen LogP contribution in [0.1, 0.15) is 47.9 Å². The number of ether oxygens (including phenoxy) is 3. The molecule has 0 aromatic heterocycles. The summed E-state index contributed by atoms with van der Waals surface area (Å²) >= 11 is 5.75. The zero-order valence-electron chi connectivity index (χ0n) is 20.7. The summed E-state index contributed by atoms with van der Waals surface area (Å²) in [5.74, 6) is 1.35. The minimum atomic E-state index is -0.881. The summed E-state index contributed by atoms with van der Waals surface area (Å²) in [6.45, 7) is 0. The highest BCUT2D eigenvalue weighted by molar-refractivity contribution is 7.80. The predicted molar refractivity (Wildman–Crippen MR) is 143 cm³/mol. The molecule has 2 fully saturated rings. The molecule has 0 amide bonds. The van der Waals surface area contributed by atoms with Crippen LogP contribution in [0.15, 0.2) is 60.7 Å². The van der Waals surface area contributed by atoms with Gasteiger partial charge in [0.2, 0.25) is 5.75 Å². The quantitative estimate of drug-likeness (QED) is 0.284. The molecule has 192 valence electrons. The van der Waals surface area contributed by atoms with Gasteiger partial charge in [0.1, 0.15) is 11.5 Å². The highest BCUT2D eigenvalue weighted by Crippen LogP contribution is 2.60. The molecule has 1 saturated carbocycles. The molecule has 6 rings (SSSR count). The first kappa shape index (κ1) is 23.7. The van der Waals surface area contributed by atoms with Crippen LogP contribution in [0.5, 0.6) is 28.7 Å². The normalized spacial score (nSPS) is 27.9. The Hall–Kier alpha value is -3.65. The molecule has 0 unspecified atom stereocenters. The largest absolute Gasteiger partial charge is 0.504 e. The average molecular weight is 519 g/mol. The summed E-state index contributed by atoms with van der Waals surface area (Å²) in [6.07, 6.45) is 2.84. The van der Waals surface area contributed by atoms with Crippen LogP contribution in [-0.4, -0.2) is 35.3 Å². The maximum absolute atomic E-state index is 11.0. The Labute approximate surface area is 221 Å². The standard InChI is InChI=1S/C29H30N2O5S/c1-34-18-10-6-16(7-11-18)24-20-14-15-23(32)26(33)27(20)36-29-21(24)4-3-5-22(29)25(30-28(37)31-29)17-8-12-19(35-2)13-9-17/h6-15,21-22,24-25,32-33H,3-5H2,1-2H3,(H2,30,31,37)/t21-,22-,24+,25+,29+/m1/s1. The minimum absolute atomic E-state index is 0.00184. The van der Waals surface area contributed by atoms with Gasteiger partial charge in [0, 0.05) is 23.3 Å². The maximum atomic E-state index is 11.0. The van der Waals surface area contributed by atoms with Crippen LogP contribution >= 0.6 is 12.2 Å². The maximum Gasteiger partial charge on any atom is 0.200 e. The number of benzene rings is 3. The fourth-order valence-electron chi connectivity index (χ4n) is 6.57. The van der Waals surface area contributed by atoms with E-state index in [9.17, 15) is 10.2 Å². The lowest BCUT2D eigenvalue weighted by atomic mass is 9.60. The van der Waals surface area contributed by atoms with Gasteiger partial charge in [-0.2, -0.15) is 0 Å². The van der Waals surface area contributed by atoms with Crippen LogP contribution in [0.3, 0.4) is 0 Å². The van der Waals surface area contributed by atoms with Crippen molar-refractivity contribution in [1.82, 2.24) is 10.6 Å². The molecule has 7 nitrogen and oxygen atoms in total. The van der Waals surface area contributed by atoms with Crippen LogP contribution in [0.25, 0.3) is 0 Å². The summed E-state index contributed by atoms with van der Waals surface area (Å²) in [4.78, 5) is 0. The van der Waals surface area contributed by atoms with E-state index in [1.54, 1.807) is 14.2 Å². The molecule has 1 saturated heterocycles. The number of methoxy groups -OCH3 is 2. The second-order valence-electron chi connectivity index (χ2n) is 9.99. The van der Waals surface area contributed by atoms with E-state index in [0.717, 1.165) is 47.5 Å². The summed E-state index contributed by atoms with van der Waals surface area (Å²) < 4.78 is 17.6. The Morgan fingerprint density at radius 2 is 1.49 bits per heavy atom. The van der Waals surface area contributed by atoms with E-state index in [1.165, 1.54) is 6.07 Å². The zero-order valence-corrected chi connectivity index (χ0v) is 21.5. The van der Waals surface area contributed by atoms with Gasteiger partial charge in [0.15, 0.2) is 22.3 Å². The van der Waals surface area contributed by atoms with E-state index in [1.807, 2.05) is 30.3 Å². The molecule has 3 aromatic carbocycles. The lowest BCUT2D eigenvalue weighted by Crippen LogP contribution is -2.73. The van der Waals surface area contributed by atoms with Gasteiger partial charge >= 0.3 is 0 Å². The Balaban J connectivity index is 1.52. The number of phenolic OH excluding ortho intramolecular Hbond substituents is 2. The Kier molecular flexibility index (Phi) is 5.79. The molecule has 1 spiro atoms. The monoisotopic (exact) mass is 518 g/mol. The number of hydrogen-bond donors (Lipinski definition) is 4. The molecule has 3 aliphatic rings. The van der Waals surface area contributed by atoms with E-state index in [-0.39, 0.29) is 35.3 Å². The van der Waals surface area contributed by atoms with Gasteiger partial charge in [-0.3, -0.25) is 0 Å². The topological polar surface area (TPSA) is 92.2 Å². The van der Waals surface area contributed by atoms with Gasteiger partial charge in [-0.15, -0.1) is 0 Å². The molecule has 5 atom stereocenters. The molecule has 0 bridgehead atoms. The van der Waals surface area contributed by atoms with Crippen molar-refractivity contribution in [2.45, 2.75) is 36.9 Å². The summed E-state index contributed by atoms with van der Waals surface area (Å²) in [7, 11) is 3.31. The Morgan fingerprint density at radius 3 is 2.14 bits per heavy atom. The Morgan fingerprint density at radius 1 is 0.865 bits per heavy atom. The van der Waals surface area contributed by atoms with Crippen LogP contribution < -0.4 is 24.8 Å². The van der Waals surface area contributed by atoms with Gasteiger partial charge in [-0.1, -0.05) is 36.8 Å². The van der Waals surface area contributed by atoms with Crippen molar-refractivity contribution < 1.29 is 24.4 Å². The van der Waals surface area contributed by atoms with Gasteiger partial charge in [0.25, 0.3) is 0 Å². The third kappa shape index (κ3) is 3.73. The number of hydrogen-bond acceptors (Lipinski definition) is 6. The lowest BCUT2D eigenvalue weighted by molar-refractivity contribution is -0.122. The van der Waals surface area contributed by atoms with Crippen molar-refractivity contribution >= 4 is 17.3 Å². The fourth-order valence-corrected chi connectivity index (χ4v) is 6.86. The molecule has 4 N–H and O–H groups in total. The molecule has 0 radical (unpaired) electrons. The van der Waals surface area contributed by atoms with E-state index in [0.29, 0.717) is 10.9 Å². The molecule has 37 heavy (non-hydrogen) atoms. The highest BCUT2D eigenvalue weighted by Gasteiger charge is 2.61. The molecule has 8 heteroatoms. The van der Waals surface area contributed by atoms with Crippen LogP contribution in [0, 0.1) is 11.8 Å². The average Bonchev–Trinajstić information content (AvgIpc) is 2.93. The van der Waals surface area contributed by atoms with E-state index >= 15 is 0 Å². The number of fused-ring (bicyclic) bond motifs is 1. The van der Waals surface area contributed by atoms with E-state index in [4.69, 9.17) is 26.4 Å². The number of aromatic hydroxyl groups is 2. The van der Waals surface area contributed by atoms with Crippen LogP contribution in [0.2, 0.25) is 0 Å². The molecule has 2 heterocycles. The number of thiocarbonyl (C=S) groups is 1. The van der Waals surface area contributed by atoms with Crippen molar-refractivity contribution in [3.05, 3.63) is 77.4 Å². The minimum Gasteiger partial charge on any atom is -0.504 e. The highest BCUT2D eigenvalue weighted by atomic mass is 32.1. The third-order valence-electron chi connectivity index (χ3n) is 8.23. The number of rotatable bonds is 4. The van der Waals surface area contributed by atoms with Gasteiger partial charge in [-0.25, -0.2) is 0 Å². The van der Waals surface area contributed by atoms with Gasteiger partial charge in [0.05, 0.1) is 20.3 Å². The third-order valence-corrected chi connectivity index (χ3v) is 8.45. The van der Waals surface area contributed by atoms with Crippen molar-refractivity contribution in [1.29, 1.82) is 0 Å². The predicted octanol–water partition coefficient (Wildman–Crippen LogP) is 4.97. The number of phenols is 2. The first-order valence-corrected chi connectivity index (χ1v) is 13.0. The smallest absolute Gasteiger partial charge is 0.200 e. The lowest BCUT2D eigenvalue weighted by Gasteiger charge is -2.59. The summed E-state index contributed by atoms with van der Waals surface area (Å²) in [6, 6.07) is 19.4. The first-order chi connectivity index (χ1) is 17.9. The van der Waals surface area contributed by atoms with Crippen molar-refractivity contribution in [3.8, 4) is 28.7 Å². The fraction of sp³-hybridized carbons (Fsp3) is 0.345. The van der Waals surface area contributed by atoms with Crippen molar-refractivity contribution in [2.24, 2.45) is 11.8 Å². The van der Waals surface area contributed by atoms with E-state index < -0.39 is 5.72 Å². The first-order valence-electron chi connectivity index (χ1n) is 12.6. The zero-order chi connectivity index (χ0) is 25.7. The Bertz CT molecular complexity index is 1330. The number of nitrogens with one attached hydrogen (secondary N) is 2. The van der Waals surface area contributed by atoms with Gasteiger partial charge in [-0.05, 0) is 66.5 Å². The van der Waals surface area contributed by atoms with E-state index in [2.05, 4.69) is 34.9 Å². The molecule has 1 aliphatic carbocycles. The molecular formula is C29H30N2O5S. The SMILES string of the molecule is COc1ccc([C@H]2c3ccc(O)c(O)c3O[C@]34NC(=S)N[C@@H](c5ccc(OC)cc5)[C@H]3CCC[C@H]24)cc1. The van der Waals surface area contributed by atoms with Crippen molar-refractivity contribution in [3.63, 3.8) is 0 Å². The van der Waals surface area contributed by atoms with Crippen LogP contribution in [0.4, 0.5) is 0 Å². The van der Waals surface area contributed by atoms with Gasteiger partial charge < -0.3 is 35.1 Å². The second-order valence-corrected chi connectivity index (χ2v) is 10.4. The molecular weight excluding hydrogens is 488 g/mol. The summed E-state index contributed by atoms with van der Waals surface area (Å²) in [5, 5.41) is 28.9. The van der Waals surface area contributed by atoms with Crippen molar-refractivity contribution in [2.75, 3.05) is 14.2 Å². The molecule has 2 aliphatic heterocycles. The summed E-state index contributed by atoms with van der Waals surface area (Å²) in [5.41, 5.74) is 2.15. The molecule has 3 aromatic rings. The second kappa shape index (κ2) is 9.03.